The molecule has 4 heteroatoms. The lowest BCUT2D eigenvalue weighted by Gasteiger charge is -2.29. The minimum atomic E-state index is -0.182. The highest BCUT2D eigenvalue weighted by Gasteiger charge is 2.30. The Morgan fingerprint density at radius 3 is 2.52 bits per heavy atom. The summed E-state index contributed by atoms with van der Waals surface area (Å²) in [7, 11) is 0. The van der Waals surface area contributed by atoms with Gasteiger partial charge in [0.05, 0.1) is 6.04 Å². The molecule has 0 aliphatic heterocycles. The van der Waals surface area contributed by atoms with Crippen LogP contribution in [0.1, 0.15) is 64.3 Å². The molecule has 0 radical (unpaired) electrons. The largest absolute Gasteiger partial charge is 0.350 e. The van der Waals surface area contributed by atoms with E-state index in [-0.39, 0.29) is 17.5 Å². The summed E-state index contributed by atoms with van der Waals surface area (Å²) >= 11 is 1.79. The molecule has 0 aromatic carbocycles. The first-order chi connectivity index (χ1) is 9.87. The number of rotatable bonds is 5. The van der Waals surface area contributed by atoms with Crippen LogP contribution in [0.4, 0.5) is 0 Å². The molecule has 118 valence electrons. The maximum atomic E-state index is 12.3. The van der Waals surface area contributed by atoms with Crippen LogP contribution in [0.3, 0.4) is 0 Å². The topological polar surface area (TPSA) is 41.1 Å². The Morgan fingerprint density at radius 2 is 2.00 bits per heavy atom. The first kappa shape index (κ1) is 16.5. The third-order valence-electron chi connectivity index (χ3n) is 4.04. The first-order valence-corrected chi connectivity index (χ1v) is 8.86. The number of hydrogen-bond donors (Lipinski definition) is 2. The summed E-state index contributed by atoms with van der Waals surface area (Å²) in [6.07, 6.45) is 5.17. The fraction of sp³-hybridized carbons (Fsp3) is 0.706. The van der Waals surface area contributed by atoms with Crippen LogP contribution < -0.4 is 10.6 Å². The quantitative estimate of drug-likeness (QED) is 0.867. The van der Waals surface area contributed by atoms with Crippen molar-refractivity contribution in [2.45, 2.75) is 71.0 Å². The monoisotopic (exact) mass is 308 g/mol. The first-order valence-electron chi connectivity index (χ1n) is 7.98. The highest BCUT2D eigenvalue weighted by atomic mass is 32.1. The van der Waals surface area contributed by atoms with Gasteiger partial charge in [0.2, 0.25) is 5.91 Å². The van der Waals surface area contributed by atoms with Gasteiger partial charge in [0.25, 0.3) is 0 Å². The van der Waals surface area contributed by atoms with Gasteiger partial charge in [0, 0.05) is 16.5 Å². The van der Waals surface area contributed by atoms with Gasteiger partial charge in [-0.2, -0.15) is 0 Å². The molecule has 21 heavy (non-hydrogen) atoms. The predicted octanol–water partition coefficient (Wildman–Crippen LogP) is 3.87. The van der Waals surface area contributed by atoms with Crippen molar-refractivity contribution in [3.05, 3.63) is 22.4 Å². The minimum absolute atomic E-state index is 0.0852. The molecular weight excluding hydrogens is 280 g/mol. The normalized spacial score (nSPS) is 19.4. The summed E-state index contributed by atoms with van der Waals surface area (Å²) in [5, 5.41) is 8.77. The van der Waals surface area contributed by atoms with Gasteiger partial charge in [0.1, 0.15) is 0 Å². The fourth-order valence-electron chi connectivity index (χ4n) is 3.03. The van der Waals surface area contributed by atoms with Gasteiger partial charge < -0.3 is 5.32 Å². The molecule has 2 N–H and O–H groups in total. The van der Waals surface area contributed by atoms with Gasteiger partial charge in [0.15, 0.2) is 0 Å². The zero-order valence-electron chi connectivity index (χ0n) is 13.6. The summed E-state index contributed by atoms with van der Waals surface area (Å²) in [5.74, 6) is 0.746. The molecule has 2 unspecified atom stereocenters. The molecule has 1 aliphatic carbocycles. The molecule has 1 aromatic rings. The molecule has 1 aromatic heterocycles. The van der Waals surface area contributed by atoms with Crippen molar-refractivity contribution in [3.63, 3.8) is 0 Å². The summed E-state index contributed by atoms with van der Waals surface area (Å²) in [6.45, 7) is 8.03. The van der Waals surface area contributed by atoms with Crippen LogP contribution >= 0.6 is 11.3 Å². The minimum Gasteiger partial charge on any atom is -0.350 e. The van der Waals surface area contributed by atoms with Crippen LogP contribution in [-0.2, 0) is 4.79 Å². The molecule has 1 heterocycles. The predicted molar refractivity (Wildman–Crippen MR) is 89.5 cm³/mol. The molecule has 3 nitrogen and oxygen atoms in total. The Balaban J connectivity index is 2.03. The van der Waals surface area contributed by atoms with E-state index in [2.05, 4.69) is 28.1 Å². The lowest BCUT2D eigenvalue weighted by atomic mass is 9.95. The highest BCUT2D eigenvalue weighted by molar-refractivity contribution is 7.10. The SMILES string of the molecule is CC(NC(c1cccs1)C1CCCC1)C(=O)NC(C)(C)C. The maximum Gasteiger partial charge on any atom is 0.237 e. The second-order valence-corrected chi connectivity index (χ2v) is 8.14. The van der Waals surface area contributed by atoms with E-state index in [0.717, 1.165) is 0 Å². The number of thiophene rings is 1. The second-order valence-electron chi connectivity index (χ2n) is 7.17. The van der Waals surface area contributed by atoms with E-state index >= 15 is 0 Å². The average Bonchev–Trinajstić information content (AvgIpc) is 3.06. The Hall–Kier alpha value is -0.870. The number of amides is 1. The fourth-order valence-corrected chi connectivity index (χ4v) is 3.91. The summed E-state index contributed by atoms with van der Waals surface area (Å²) < 4.78 is 0. The zero-order chi connectivity index (χ0) is 15.5. The van der Waals surface area contributed by atoms with Crippen LogP contribution in [-0.4, -0.2) is 17.5 Å². The summed E-state index contributed by atoms with van der Waals surface area (Å²) in [4.78, 5) is 13.7. The maximum absolute atomic E-state index is 12.3. The van der Waals surface area contributed by atoms with Gasteiger partial charge in [-0.25, -0.2) is 0 Å². The van der Waals surface area contributed by atoms with E-state index in [1.807, 2.05) is 27.7 Å². The average molecular weight is 308 g/mol. The number of carbonyl (C=O) groups excluding carboxylic acids is 1. The molecule has 1 saturated carbocycles. The van der Waals surface area contributed by atoms with Crippen molar-refractivity contribution in [1.29, 1.82) is 0 Å². The van der Waals surface area contributed by atoms with Gasteiger partial charge in [-0.3, -0.25) is 10.1 Å². The van der Waals surface area contributed by atoms with E-state index in [1.54, 1.807) is 11.3 Å². The lowest BCUT2D eigenvalue weighted by molar-refractivity contribution is -0.124. The van der Waals surface area contributed by atoms with Crippen molar-refractivity contribution in [2.75, 3.05) is 0 Å². The van der Waals surface area contributed by atoms with Gasteiger partial charge in [-0.1, -0.05) is 18.9 Å². The smallest absolute Gasteiger partial charge is 0.237 e. The van der Waals surface area contributed by atoms with Crippen LogP contribution in [0.2, 0.25) is 0 Å². The molecular formula is C17H28N2OS. The van der Waals surface area contributed by atoms with Crippen LogP contribution in [0, 0.1) is 5.92 Å². The van der Waals surface area contributed by atoms with Crippen molar-refractivity contribution < 1.29 is 4.79 Å². The molecule has 2 rings (SSSR count). The van der Waals surface area contributed by atoms with Crippen molar-refractivity contribution in [3.8, 4) is 0 Å². The Morgan fingerprint density at radius 1 is 1.33 bits per heavy atom. The molecule has 2 atom stereocenters. The van der Waals surface area contributed by atoms with E-state index in [1.165, 1.54) is 30.6 Å². The summed E-state index contributed by atoms with van der Waals surface area (Å²) in [5.41, 5.74) is -0.182. The van der Waals surface area contributed by atoms with Crippen molar-refractivity contribution >= 4 is 17.2 Å². The van der Waals surface area contributed by atoms with Crippen LogP contribution in [0.25, 0.3) is 0 Å². The standard InChI is InChI=1S/C17H28N2OS/c1-12(16(20)19-17(2,3)4)18-15(13-8-5-6-9-13)14-10-7-11-21-14/h7,10-13,15,18H,5-6,8-9H2,1-4H3,(H,19,20). The van der Waals surface area contributed by atoms with Gasteiger partial charge in [-0.15, -0.1) is 11.3 Å². The Kier molecular flexibility index (Phi) is 5.44. The molecule has 1 aliphatic rings. The molecule has 0 spiro atoms. The van der Waals surface area contributed by atoms with E-state index < -0.39 is 0 Å². The Labute approximate surface area is 132 Å². The van der Waals surface area contributed by atoms with Gasteiger partial charge >= 0.3 is 0 Å². The van der Waals surface area contributed by atoms with Crippen LogP contribution in [0.5, 0.6) is 0 Å². The number of nitrogens with one attached hydrogen (secondary N) is 2. The highest BCUT2D eigenvalue weighted by Crippen LogP contribution is 2.37. The van der Waals surface area contributed by atoms with E-state index in [4.69, 9.17) is 0 Å². The molecule has 1 amide bonds. The van der Waals surface area contributed by atoms with Crippen molar-refractivity contribution in [2.24, 2.45) is 5.92 Å². The zero-order valence-corrected chi connectivity index (χ0v) is 14.4. The third-order valence-corrected chi connectivity index (χ3v) is 5.00. The lowest BCUT2D eigenvalue weighted by Crippen LogP contribution is -2.50. The van der Waals surface area contributed by atoms with E-state index in [0.29, 0.717) is 12.0 Å². The summed E-state index contributed by atoms with van der Waals surface area (Å²) in [6, 6.07) is 4.43. The van der Waals surface area contributed by atoms with Crippen molar-refractivity contribution in [1.82, 2.24) is 10.6 Å². The van der Waals surface area contributed by atoms with Crippen LogP contribution in [0.15, 0.2) is 17.5 Å². The number of hydrogen-bond acceptors (Lipinski definition) is 3. The second kappa shape index (κ2) is 6.93. The molecule has 0 saturated heterocycles. The molecule has 0 bridgehead atoms. The third kappa shape index (κ3) is 4.82. The molecule has 1 fully saturated rings. The van der Waals surface area contributed by atoms with E-state index in [9.17, 15) is 4.79 Å². The number of carbonyl (C=O) groups is 1. The van der Waals surface area contributed by atoms with Gasteiger partial charge in [-0.05, 0) is 57.9 Å². The Bertz CT molecular complexity index is 444.